The van der Waals surface area contributed by atoms with Gasteiger partial charge in [0, 0.05) is 5.56 Å². The summed E-state index contributed by atoms with van der Waals surface area (Å²) in [5.74, 6) is 0.0398. The first-order valence-corrected chi connectivity index (χ1v) is 19.0. The van der Waals surface area contributed by atoms with Crippen LogP contribution in [0.4, 0.5) is 0 Å². The number of hydrogen-bond acceptors (Lipinski definition) is 12. The van der Waals surface area contributed by atoms with Crippen LogP contribution in [-0.2, 0) is 30.4 Å². The minimum Gasteiger partial charge on any atom is -0.493 e. The first-order valence-electron chi connectivity index (χ1n) is 13.6. The molecular weight excluding hydrogens is 649 g/mol. The normalized spacial score (nSPS) is 11.8. The Bertz CT molecular complexity index is 1870. The lowest BCUT2D eigenvalue weighted by molar-refractivity contribution is 0.322. The highest BCUT2D eigenvalue weighted by Gasteiger charge is 2.28. The second-order valence-electron chi connectivity index (χ2n) is 9.96. The Kier molecular flexibility index (Phi) is 11.4. The van der Waals surface area contributed by atoms with Gasteiger partial charge < -0.3 is 26.8 Å². The van der Waals surface area contributed by atoms with E-state index in [0.29, 0.717) is 11.1 Å². The molecule has 0 saturated heterocycles. The summed E-state index contributed by atoms with van der Waals surface area (Å²) >= 11 is 0. The van der Waals surface area contributed by atoms with Crippen LogP contribution in [-0.4, -0.2) is 63.8 Å². The average molecular weight is 685 g/mol. The van der Waals surface area contributed by atoms with Gasteiger partial charge in [-0.25, -0.2) is 0 Å². The maximum Gasteiger partial charge on any atom is 0.306 e. The van der Waals surface area contributed by atoms with Crippen LogP contribution in [0, 0.1) is 0 Å². The van der Waals surface area contributed by atoms with Crippen molar-refractivity contribution in [3.05, 3.63) is 60.2 Å². The first-order chi connectivity index (χ1) is 20.9. The van der Waals surface area contributed by atoms with E-state index in [0.717, 1.165) is 24.3 Å². The van der Waals surface area contributed by atoms with E-state index in [1.807, 2.05) is 13.8 Å². The molecule has 0 saturated carbocycles. The highest BCUT2D eigenvalue weighted by atomic mass is 32.2. The van der Waals surface area contributed by atoms with Crippen LogP contribution in [0.3, 0.4) is 0 Å². The van der Waals surface area contributed by atoms with Crippen molar-refractivity contribution in [3.63, 3.8) is 0 Å². The van der Waals surface area contributed by atoms with Crippen molar-refractivity contribution in [3.8, 4) is 56.8 Å². The standard InChI is InChI=1S/C30H36O12S3/c1-8-37-27-19-24(21-10-13-23(14-11-21)40-43(5,31)32)29(38-9-2)30(42-45(7,35)36)28(27)22-12-15-25(39-17-16-20(3)4)26(18-22)41-44(6,33)34/h10-16,18-19H,8-9,17H2,1-7H3. The van der Waals surface area contributed by atoms with Crippen molar-refractivity contribution < 1.29 is 52.0 Å². The van der Waals surface area contributed by atoms with Gasteiger partial charge in [-0.2, -0.15) is 25.3 Å². The molecule has 15 heteroatoms. The van der Waals surface area contributed by atoms with Crippen LogP contribution >= 0.6 is 0 Å². The van der Waals surface area contributed by atoms with Crippen LogP contribution in [0.5, 0.6) is 34.5 Å². The zero-order valence-electron chi connectivity index (χ0n) is 25.9. The first kappa shape index (κ1) is 35.5. The minimum atomic E-state index is -4.15. The Morgan fingerprint density at radius 2 is 1.20 bits per heavy atom. The molecule has 0 atom stereocenters. The van der Waals surface area contributed by atoms with E-state index in [9.17, 15) is 25.3 Å². The Morgan fingerprint density at radius 3 is 1.73 bits per heavy atom. The minimum absolute atomic E-state index is 0.0348. The summed E-state index contributed by atoms with van der Waals surface area (Å²) in [5.41, 5.74) is 2.26. The van der Waals surface area contributed by atoms with Gasteiger partial charge in [0.2, 0.25) is 0 Å². The van der Waals surface area contributed by atoms with Gasteiger partial charge in [-0.15, -0.1) is 0 Å². The number of benzene rings is 3. The summed E-state index contributed by atoms with van der Waals surface area (Å²) in [5, 5.41) is 0. The molecule has 3 rings (SSSR count). The maximum atomic E-state index is 12.6. The molecule has 3 aromatic carbocycles. The highest BCUT2D eigenvalue weighted by molar-refractivity contribution is 7.86. The monoisotopic (exact) mass is 684 g/mol. The Labute approximate surface area is 264 Å². The molecule has 0 fully saturated rings. The molecule has 0 radical (unpaired) electrons. The molecule has 0 bridgehead atoms. The molecule has 0 aromatic heterocycles. The summed E-state index contributed by atoms with van der Waals surface area (Å²) in [6.07, 6.45) is 4.48. The smallest absolute Gasteiger partial charge is 0.306 e. The summed E-state index contributed by atoms with van der Waals surface area (Å²) in [6, 6.07) is 12.0. The van der Waals surface area contributed by atoms with Crippen molar-refractivity contribution in [2.24, 2.45) is 0 Å². The van der Waals surface area contributed by atoms with Gasteiger partial charge in [0.25, 0.3) is 0 Å². The molecular formula is C30H36O12S3. The van der Waals surface area contributed by atoms with Crippen molar-refractivity contribution in [2.75, 3.05) is 38.6 Å². The summed E-state index contributed by atoms with van der Waals surface area (Å²) in [7, 11) is -11.9. The van der Waals surface area contributed by atoms with Gasteiger partial charge in [0.15, 0.2) is 23.0 Å². The molecule has 0 aliphatic rings. The molecule has 0 unspecified atom stereocenters. The summed E-state index contributed by atoms with van der Waals surface area (Å²) in [6.45, 7) is 7.61. The number of rotatable bonds is 15. The third-order valence-corrected chi connectivity index (χ3v) is 7.09. The van der Waals surface area contributed by atoms with Crippen molar-refractivity contribution in [1.82, 2.24) is 0 Å². The zero-order valence-corrected chi connectivity index (χ0v) is 28.4. The van der Waals surface area contributed by atoms with Gasteiger partial charge in [-0.05, 0) is 75.2 Å². The number of hydrogen-bond donors (Lipinski definition) is 0. The Balaban J connectivity index is 2.36. The second kappa shape index (κ2) is 14.4. The maximum absolute atomic E-state index is 12.6. The number of allylic oxidation sites excluding steroid dienone is 1. The third-order valence-electron chi connectivity index (χ3n) is 5.64. The van der Waals surface area contributed by atoms with Crippen LogP contribution < -0.4 is 26.8 Å². The molecule has 12 nitrogen and oxygen atoms in total. The van der Waals surface area contributed by atoms with Gasteiger partial charge in [0.1, 0.15) is 18.1 Å². The molecule has 0 spiro atoms. The zero-order chi connectivity index (χ0) is 33.6. The predicted octanol–water partition coefficient (Wildman–Crippen LogP) is 5.18. The van der Waals surface area contributed by atoms with Crippen LogP contribution in [0.2, 0.25) is 0 Å². The third kappa shape index (κ3) is 10.6. The molecule has 0 heterocycles. The van der Waals surface area contributed by atoms with Gasteiger partial charge in [0.05, 0.1) is 37.5 Å². The van der Waals surface area contributed by atoms with E-state index < -0.39 is 30.4 Å². The lowest BCUT2D eigenvalue weighted by Gasteiger charge is -2.22. The van der Waals surface area contributed by atoms with E-state index in [1.165, 1.54) is 24.3 Å². The van der Waals surface area contributed by atoms with Crippen LogP contribution in [0.25, 0.3) is 22.3 Å². The largest absolute Gasteiger partial charge is 0.493 e. The van der Waals surface area contributed by atoms with Crippen molar-refractivity contribution in [2.45, 2.75) is 27.7 Å². The molecule has 0 aliphatic carbocycles. The lowest BCUT2D eigenvalue weighted by Crippen LogP contribution is -2.11. The molecule has 246 valence electrons. The summed E-state index contributed by atoms with van der Waals surface area (Å²) in [4.78, 5) is 0. The van der Waals surface area contributed by atoms with E-state index >= 15 is 0 Å². The fourth-order valence-corrected chi connectivity index (χ4v) is 5.45. The Morgan fingerprint density at radius 1 is 0.622 bits per heavy atom. The quantitative estimate of drug-likeness (QED) is 0.153. The van der Waals surface area contributed by atoms with Gasteiger partial charge in [-0.3, -0.25) is 0 Å². The molecule has 0 N–H and O–H groups in total. The Hall–Kier alpha value is -3.95. The van der Waals surface area contributed by atoms with Gasteiger partial charge in [-0.1, -0.05) is 23.8 Å². The van der Waals surface area contributed by atoms with E-state index in [1.54, 1.807) is 44.2 Å². The SMILES string of the molecule is CCOc1cc(-c2ccc(OS(C)(=O)=O)cc2)c(OCC)c(OS(C)(=O)=O)c1-c1ccc(OCC=C(C)C)c(OS(C)(=O)=O)c1. The van der Waals surface area contributed by atoms with Crippen LogP contribution in [0.15, 0.2) is 60.2 Å². The fraction of sp³-hybridized carbons (Fsp3) is 0.333. The average Bonchev–Trinajstić information content (AvgIpc) is 2.89. The predicted molar refractivity (Wildman–Crippen MR) is 171 cm³/mol. The van der Waals surface area contributed by atoms with E-state index in [4.69, 9.17) is 26.8 Å². The molecule has 3 aromatic rings. The fourth-order valence-electron chi connectivity index (χ4n) is 4.07. The number of ether oxygens (including phenoxy) is 3. The highest BCUT2D eigenvalue weighted by Crippen LogP contribution is 2.52. The van der Waals surface area contributed by atoms with E-state index in [2.05, 4.69) is 0 Å². The molecule has 45 heavy (non-hydrogen) atoms. The second-order valence-corrected chi connectivity index (χ2v) is 14.7. The molecule has 0 aliphatic heterocycles. The van der Waals surface area contributed by atoms with Crippen LogP contribution in [0.1, 0.15) is 27.7 Å². The van der Waals surface area contributed by atoms with Gasteiger partial charge >= 0.3 is 30.4 Å². The van der Waals surface area contributed by atoms with Crippen molar-refractivity contribution >= 4 is 30.4 Å². The molecule has 0 amide bonds. The lowest BCUT2D eigenvalue weighted by atomic mass is 9.96. The topological polar surface area (TPSA) is 158 Å². The van der Waals surface area contributed by atoms with Crippen molar-refractivity contribution in [1.29, 1.82) is 0 Å². The summed E-state index contributed by atoms with van der Waals surface area (Å²) < 4.78 is 106. The van der Waals surface area contributed by atoms with E-state index in [-0.39, 0.29) is 65.4 Å².